The van der Waals surface area contributed by atoms with E-state index >= 15 is 0 Å². The van der Waals surface area contributed by atoms with E-state index in [9.17, 15) is 5.11 Å². The molecule has 0 aliphatic rings. The summed E-state index contributed by atoms with van der Waals surface area (Å²) in [5.41, 5.74) is 5.83. The number of aliphatic hydroxyl groups excluding tert-OH is 1. The number of ether oxygens (including phenoxy) is 3. The predicted octanol–water partition coefficient (Wildman–Crippen LogP) is 0.799. The maximum absolute atomic E-state index is 9.24. The van der Waals surface area contributed by atoms with Crippen LogP contribution in [-0.4, -0.2) is 44.2 Å². The van der Waals surface area contributed by atoms with E-state index in [1.165, 1.54) is 0 Å². The maximum Gasteiger partial charge on any atom is 0.139 e. The lowest BCUT2D eigenvalue weighted by Crippen LogP contribution is -2.44. The van der Waals surface area contributed by atoms with Crippen LogP contribution < -0.4 is 15.2 Å². The van der Waals surface area contributed by atoms with Crippen molar-refractivity contribution in [1.29, 1.82) is 0 Å². The smallest absolute Gasteiger partial charge is 0.139 e. The molecule has 5 heteroatoms. The number of hydrogen-bond donors (Lipinski definition) is 2. The summed E-state index contributed by atoms with van der Waals surface area (Å²) in [6.07, 6.45) is -0.483. The van der Waals surface area contributed by atoms with Gasteiger partial charge in [0.1, 0.15) is 17.6 Å². The van der Waals surface area contributed by atoms with Crippen molar-refractivity contribution in [3.8, 4) is 11.5 Å². The molecule has 1 aromatic carbocycles. The first-order valence-corrected chi connectivity index (χ1v) is 5.96. The fourth-order valence-corrected chi connectivity index (χ4v) is 1.52. The van der Waals surface area contributed by atoms with Crippen molar-refractivity contribution >= 4 is 0 Å². The van der Waals surface area contributed by atoms with Crippen LogP contribution in [0.15, 0.2) is 24.3 Å². The summed E-state index contributed by atoms with van der Waals surface area (Å²) in [6.45, 7) is 2.73. The summed E-state index contributed by atoms with van der Waals surface area (Å²) in [4.78, 5) is 0. The van der Waals surface area contributed by atoms with E-state index in [1.54, 1.807) is 19.2 Å². The minimum atomic E-state index is -0.483. The van der Waals surface area contributed by atoms with Gasteiger partial charge in [-0.15, -0.1) is 0 Å². The molecule has 0 amide bonds. The van der Waals surface area contributed by atoms with Gasteiger partial charge in [0.05, 0.1) is 25.9 Å². The zero-order valence-corrected chi connectivity index (χ0v) is 10.8. The summed E-state index contributed by atoms with van der Waals surface area (Å²) in [5.74, 6) is 1.43. The highest BCUT2D eigenvalue weighted by molar-refractivity contribution is 5.31. The average molecular weight is 255 g/mol. The van der Waals surface area contributed by atoms with Gasteiger partial charge in [-0.2, -0.15) is 0 Å². The van der Waals surface area contributed by atoms with Gasteiger partial charge in [-0.05, 0) is 31.2 Å². The molecule has 2 unspecified atom stereocenters. The topological polar surface area (TPSA) is 73.9 Å². The molecule has 0 heterocycles. The van der Waals surface area contributed by atoms with Gasteiger partial charge in [0.2, 0.25) is 0 Å². The summed E-state index contributed by atoms with van der Waals surface area (Å²) >= 11 is 0. The average Bonchev–Trinajstić information content (AvgIpc) is 2.38. The van der Waals surface area contributed by atoms with Gasteiger partial charge in [-0.25, -0.2) is 0 Å². The Balaban J connectivity index is 2.58. The van der Waals surface area contributed by atoms with Gasteiger partial charge in [0, 0.05) is 7.11 Å². The van der Waals surface area contributed by atoms with Gasteiger partial charge in [-0.1, -0.05) is 0 Å². The summed E-state index contributed by atoms with van der Waals surface area (Å²) in [5, 5.41) is 9.24. The Kier molecular flexibility index (Phi) is 6.49. The zero-order valence-electron chi connectivity index (χ0n) is 10.8. The Bertz CT molecular complexity index is 328. The molecule has 2 atom stereocenters. The number of aliphatic hydroxyl groups is 1. The van der Waals surface area contributed by atoms with Crippen LogP contribution in [0, 0.1) is 0 Å². The van der Waals surface area contributed by atoms with Crippen LogP contribution in [0.4, 0.5) is 0 Å². The van der Waals surface area contributed by atoms with Crippen LogP contribution in [0.5, 0.6) is 11.5 Å². The van der Waals surface area contributed by atoms with E-state index in [2.05, 4.69) is 0 Å². The second-order valence-electron chi connectivity index (χ2n) is 3.86. The molecule has 1 rings (SSSR count). The van der Waals surface area contributed by atoms with E-state index in [0.717, 1.165) is 5.75 Å². The Labute approximate surface area is 107 Å². The predicted molar refractivity (Wildman–Crippen MR) is 69.0 cm³/mol. The van der Waals surface area contributed by atoms with E-state index in [1.807, 2.05) is 19.1 Å². The van der Waals surface area contributed by atoms with Crippen molar-refractivity contribution < 1.29 is 19.3 Å². The van der Waals surface area contributed by atoms with Crippen LogP contribution in [0.25, 0.3) is 0 Å². The van der Waals surface area contributed by atoms with E-state index < -0.39 is 6.10 Å². The molecule has 0 radical (unpaired) electrons. The lowest BCUT2D eigenvalue weighted by molar-refractivity contribution is 0.0604. The second-order valence-corrected chi connectivity index (χ2v) is 3.86. The highest BCUT2D eigenvalue weighted by Crippen LogP contribution is 2.19. The Morgan fingerprint density at radius 3 is 2.33 bits per heavy atom. The third kappa shape index (κ3) is 4.52. The van der Waals surface area contributed by atoms with E-state index in [0.29, 0.717) is 19.0 Å². The molecule has 102 valence electrons. The number of rotatable bonds is 8. The van der Waals surface area contributed by atoms with Crippen LogP contribution in [0.1, 0.15) is 6.92 Å². The maximum atomic E-state index is 9.24. The molecule has 3 N–H and O–H groups in total. The molecular formula is C13H21NO4. The fourth-order valence-electron chi connectivity index (χ4n) is 1.52. The van der Waals surface area contributed by atoms with Crippen molar-refractivity contribution in [2.45, 2.75) is 19.1 Å². The third-order valence-corrected chi connectivity index (χ3v) is 2.44. The molecule has 0 aromatic heterocycles. The van der Waals surface area contributed by atoms with E-state index in [-0.39, 0.29) is 12.6 Å². The SMILES string of the molecule is CCOc1ccc(OC(CO)C(N)COC)cc1. The first-order valence-electron chi connectivity index (χ1n) is 5.96. The lowest BCUT2D eigenvalue weighted by atomic mass is 10.2. The highest BCUT2D eigenvalue weighted by atomic mass is 16.5. The molecule has 0 fully saturated rings. The van der Waals surface area contributed by atoms with E-state index in [4.69, 9.17) is 19.9 Å². The molecule has 0 saturated carbocycles. The number of nitrogens with two attached hydrogens (primary N) is 1. The first-order chi connectivity index (χ1) is 8.71. The van der Waals surface area contributed by atoms with Crippen molar-refractivity contribution in [3.05, 3.63) is 24.3 Å². The Hall–Kier alpha value is -1.30. The summed E-state index contributed by atoms with van der Waals surface area (Å²) in [6, 6.07) is 6.83. The lowest BCUT2D eigenvalue weighted by Gasteiger charge is -2.22. The van der Waals surface area contributed by atoms with Crippen molar-refractivity contribution in [2.75, 3.05) is 26.9 Å². The molecule has 18 heavy (non-hydrogen) atoms. The van der Waals surface area contributed by atoms with Gasteiger partial charge in [0.25, 0.3) is 0 Å². The standard InChI is InChI=1S/C13H21NO4/c1-3-17-10-4-6-11(7-5-10)18-13(8-15)12(14)9-16-2/h4-7,12-13,15H,3,8-9,14H2,1-2H3. The van der Waals surface area contributed by atoms with Gasteiger partial charge in [0.15, 0.2) is 0 Å². The van der Waals surface area contributed by atoms with Gasteiger partial charge in [-0.3, -0.25) is 0 Å². The van der Waals surface area contributed by atoms with Crippen molar-refractivity contribution in [3.63, 3.8) is 0 Å². The number of benzene rings is 1. The molecule has 0 aliphatic heterocycles. The fraction of sp³-hybridized carbons (Fsp3) is 0.538. The summed E-state index contributed by atoms with van der Waals surface area (Å²) < 4.78 is 15.9. The van der Waals surface area contributed by atoms with Crippen molar-refractivity contribution in [1.82, 2.24) is 0 Å². The highest BCUT2D eigenvalue weighted by Gasteiger charge is 2.18. The van der Waals surface area contributed by atoms with Gasteiger partial charge >= 0.3 is 0 Å². The van der Waals surface area contributed by atoms with Crippen LogP contribution >= 0.6 is 0 Å². The quantitative estimate of drug-likeness (QED) is 0.718. The molecule has 0 spiro atoms. The molecule has 0 aliphatic carbocycles. The number of methoxy groups -OCH3 is 1. The molecule has 5 nitrogen and oxygen atoms in total. The van der Waals surface area contributed by atoms with Crippen LogP contribution in [0.2, 0.25) is 0 Å². The van der Waals surface area contributed by atoms with Crippen LogP contribution in [-0.2, 0) is 4.74 Å². The second kappa shape index (κ2) is 7.92. The van der Waals surface area contributed by atoms with Gasteiger partial charge < -0.3 is 25.1 Å². The minimum Gasteiger partial charge on any atom is -0.494 e. The zero-order chi connectivity index (χ0) is 13.4. The normalized spacial score (nSPS) is 14.0. The Morgan fingerprint density at radius 2 is 1.83 bits per heavy atom. The van der Waals surface area contributed by atoms with Crippen molar-refractivity contribution in [2.24, 2.45) is 5.73 Å². The molecule has 0 bridgehead atoms. The molecule has 1 aromatic rings. The third-order valence-electron chi connectivity index (χ3n) is 2.44. The monoisotopic (exact) mass is 255 g/mol. The Morgan fingerprint density at radius 1 is 1.22 bits per heavy atom. The minimum absolute atomic E-state index is 0.155. The van der Waals surface area contributed by atoms with Crippen LogP contribution in [0.3, 0.4) is 0 Å². The first kappa shape index (κ1) is 14.8. The largest absolute Gasteiger partial charge is 0.494 e. The number of hydrogen-bond acceptors (Lipinski definition) is 5. The summed E-state index contributed by atoms with van der Waals surface area (Å²) in [7, 11) is 1.56. The molecular weight excluding hydrogens is 234 g/mol. The molecule has 0 saturated heterocycles.